The first kappa shape index (κ1) is 21.4. The van der Waals surface area contributed by atoms with Gasteiger partial charge in [-0.15, -0.1) is 11.3 Å². The van der Waals surface area contributed by atoms with Gasteiger partial charge >= 0.3 is 0 Å². The van der Waals surface area contributed by atoms with Gasteiger partial charge in [-0.2, -0.15) is 5.10 Å². The number of aromatic nitrogens is 4. The van der Waals surface area contributed by atoms with E-state index < -0.39 is 0 Å². The van der Waals surface area contributed by atoms with Crippen LogP contribution in [-0.2, 0) is 17.8 Å². The van der Waals surface area contributed by atoms with Crippen molar-refractivity contribution in [1.82, 2.24) is 25.1 Å². The Morgan fingerprint density at radius 2 is 1.97 bits per heavy atom. The topological polar surface area (TPSA) is 99.0 Å². The summed E-state index contributed by atoms with van der Waals surface area (Å²) in [6, 6.07) is 14.4. The lowest BCUT2D eigenvalue weighted by Gasteiger charge is -2.08. The van der Waals surface area contributed by atoms with Crippen molar-refractivity contribution in [3.63, 3.8) is 0 Å². The van der Waals surface area contributed by atoms with Gasteiger partial charge in [0.2, 0.25) is 5.91 Å². The summed E-state index contributed by atoms with van der Waals surface area (Å²) in [5, 5.41) is 10.0. The third kappa shape index (κ3) is 5.25. The van der Waals surface area contributed by atoms with Crippen molar-refractivity contribution >= 4 is 17.2 Å². The number of carbonyl (C=O) groups excluding carboxylic acids is 1. The molecule has 0 atom stereocenters. The standard InChI is InChI=1S/C23H21N5O3S/c1-31-19-6-4-16(5-7-19)23-26-18(15-32-23)10-12-25-21(29)14-28-22(30)9-8-20(27-28)17-3-2-11-24-13-17/h2-9,11,13,15H,10,12,14H2,1H3,(H,25,29). The molecule has 9 heteroatoms. The Morgan fingerprint density at radius 3 is 2.72 bits per heavy atom. The molecular formula is C23H21N5O3S. The first-order valence-corrected chi connectivity index (χ1v) is 10.8. The predicted octanol–water partition coefficient (Wildman–Crippen LogP) is 2.80. The highest BCUT2D eigenvalue weighted by molar-refractivity contribution is 7.13. The van der Waals surface area contributed by atoms with Crippen LogP contribution >= 0.6 is 11.3 Å². The Hall–Kier alpha value is -3.85. The van der Waals surface area contributed by atoms with Gasteiger partial charge < -0.3 is 10.1 Å². The zero-order chi connectivity index (χ0) is 22.3. The Balaban J connectivity index is 1.32. The Kier molecular flexibility index (Phi) is 6.66. The van der Waals surface area contributed by atoms with Gasteiger partial charge in [0, 0.05) is 47.9 Å². The van der Waals surface area contributed by atoms with Crippen molar-refractivity contribution < 1.29 is 9.53 Å². The van der Waals surface area contributed by atoms with Crippen LogP contribution in [0.2, 0.25) is 0 Å². The highest BCUT2D eigenvalue weighted by Crippen LogP contribution is 2.25. The minimum atomic E-state index is -0.337. The normalized spacial score (nSPS) is 10.7. The summed E-state index contributed by atoms with van der Waals surface area (Å²) in [4.78, 5) is 33.1. The van der Waals surface area contributed by atoms with Crippen LogP contribution in [0.3, 0.4) is 0 Å². The third-order valence-corrected chi connectivity index (χ3v) is 5.65. The molecule has 0 spiro atoms. The van der Waals surface area contributed by atoms with Crippen molar-refractivity contribution in [2.24, 2.45) is 0 Å². The van der Waals surface area contributed by atoms with Gasteiger partial charge in [-0.3, -0.25) is 14.6 Å². The molecule has 0 saturated carbocycles. The van der Waals surface area contributed by atoms with Gasteiger partial charge in [0.15, 0.2) is 0 Å². The first-order chi connectivity index (χ1) is 15.6. The van der Waals surface area contributed by atoms with E-state index in [2.05, 4.69) is 20.4 Å². The lowest BCUT2D eigenvalue weighted by molar-refractivity contribution is -0.121. The summed E-state index contributed by atoms with van der Waals surface area (Å²) in [5.41, 5.74) is 2.94. The van der Waals surface area contributed by atoms with Gasteiger partial charge in [-0.1, -0.05) is 0 Å². The number of carbonyl (C=O) groups is 1. The number of rotatable bonds is 8. The summed E-state index contributed by atoms with van der Waals surface area (Å²) in [7, 11) is 1.63. The fraction of sp³-hybridized carbons (Fsp3) is 0.174. The maximum absolute atomic E-state index is 12.3. The maximum atomic E-state index is 12.3. The fourth-order valence-corrected chi connectivity index (χ4v) is 3.90. The summed E-state index contributed by atoms with van der Waals surface area (Å²) >= 11 is 1.55. The quantitative estimate of drug-likeness (QED) is 0.446. The average molecular weight is 448 g/mol. The van der Waals surface area contributed by atoms with E-state index >= 15 is 0 Å². The summed E-state index contributed by atoms with van der Waals surface area (Å²) in [6.45, 7) is 0.267. The lowest BCUT2D eigenvalue weighted by Crippen LogP contribution is -2.34. The number of nitrogens with zero attached hydrogens (tertiary/aromatic N) is 4. The van der Waals surface area contributed by atoms with Gasteiger partial charge in [0.05, 0.1) is 18.5 Å². The lowest BCUT2D eigenvalue weighted by atomic mass is 10.2. The zero-order valence-corrected chi connectivity index (χ0v) is 18.2. The minimum Gasteiger partial charge on any atom is -0.497 e. The van der Waals surface area contributed by atoms with Crippen LogP contribution in [0.1, 0.15) is 5.69 Å². The van der Waals surface area contributed by atoms with Crippen molar-refractivity contribution in [2.75, 3.05) is 13.7 Å². The van der Waals surface area contributed by atoms with E-state index in [0.717, 1.165) is 32.3 Å². The second-order valence-electron chi connectivity index (χ2n) is 6.93. The molecule has 3 heterocycles. The van der Waals surface area contributed by atoms with E-state index in [1.165, 1.54) is 6.07 Å². The smallest absolute Gasteiger partial charge is 0.267 e. The fourth-order valence-electron chi connectivity index (χ4n) is 3.04. The summed E-state index contributed by atoms with van der Waals surface area (Å²) in [6.07, 6.45) is 3.91. The molecular weight excluding hydrogens is 426 g/mol. The van der Waals surface area contributed by atoms with Crippen LogP contribution in [0.15, 0.2) is 71.1 Å². The van der Waals surface area contributed by atoms with Crippen LogP contribution in [-0.4, -0.2) is 39.3 Å². The number of benzene rings is 1. The monoisotopic (exact) mass is 447 g/mol. The van der Waals surface area contributed by atoms with E-state index in [-0.39, 0.29) is 18.0 Å². The molecule has 1 amide bonds. The zero-order valence-electron chi connectivity index (χ0n) is 17.4. The van der Waals surface area contributed by atoms with Gasteiger partial charge in [0.25, 0.3) is 5.56 Å². The number of hydrogen-bond acceptors (Lipinski definition) is 7. The molecule has 0 aliphatic heterocycles. The molecule has 3 aromatic heterocycles. The molecule has 0 bridgehead atoms. The van der Waals surface area contributed by atoms with E-state index in [4.69, 9.17) is 4.74 Å². The van der Waals surface area contributed by atoms with E-state index in [1.807, 2.05) is 35.7 Å². The molecule has 0 aliphatic carbocycles. The molecule has 0 saturated heterocycles. The largest absolute Gasteiger partial charge is 0.497 e. The van der Waals surface area contributed by atoms with Crippen molar-refractivity contribution in [2.45, 2.75) is 13.0 Å². The predicted molar refractivity (Wildman–Crippen MR) is 123 cm³/mol. The van der Waals surface area contributed by atoms with Gasteiger partial charge in [-0.05, 0) is 42.5 Å². The molecule has 162 valence electrons. The number of pyridine rings is 1. The van der Waals surface area contributed by atoms with E-state index in [0.29, 0.717) is 18.7 Å². The molecule has 0 aliphatic rings. The number of ether oxygens (including phenoxy) is 1. The summed E-state index contributed by atoms with van der Waals surface area (Å²) in [5.74, 6) is 0.515. The molecule has 32 heavy (non-hydrogen) atoms. The van der Waals surface area contributed by atoms with E-state index in [9.17, 15) is 9.59 Å². The van der Waals surface area contributed by atoms with Crippen molar-refractivity contribution in [1.29, 1.82) is 0 Å². The number of methoxy groups -OCH3 is 1. The third-order valence-electron chi connectivity index (χ3n) is 4.71. The number of nitrogens with one attached hydrogen (secondary N) is 1. The number of amides is 1. The SMILES string of the molecule is COc1ccc(-c2nc(CCNC(=O)Cn3nc(-c4cccnc4)ccc3=O)cs2)cc1. The minimum absolute atomic E-state index is 0.152. The Morgan fingerprint density at radius 1 is 1.12 bits per heavy atom. The van der Waals surface area contributed by atoms with Crippen LogP contribution in [0.25, 0.3) is 21.8 Å². The molecule has 1 N–H and O–H groups in total. The summed E-state index contributed by atoms with van der Waals surface area (Å²) < 4.78 is 6.33. The highest BCUT2D eigenvalue weighted by atomic mass is 32.1. The Labute approximate surface area is 188 Å². The molecule has 0 fully saturated rings. The van der Waals surface area contributed by atoms with Gasteiger partial charge in [-0.25, -0.2) is 9.67 Å². The highest BCUT2D eigenvalue weighted by Gasteiger charge is 2.09. The molecule has 1 aromatic carbocycles. The van der Waals surface area contributed by atoms with E-state index in [1.54, 1.807) is 43.0 Å². The van der Waals surface area contributed by atoms with Crippen LogP contribution in [0, 0.1) is 0 Å². The van der Waals surface area contributed by atoms with Crippen molar-refractivity contribution in [3.8, 4) is 27.6 Å². The molecule has 4 rings (SSSR count). The van der Waals surface area contributed by atoms with Crippen LogP contribution < -0.4 is 15.6 Å². The Bertz CT molecular complexity index is 1250. The van der Waals surface area contributed by atoms with Gasteiger partial charge in [0.1, 0.15) is 17.3 Å². The van der Waals surface area contributed by atoms with Crippen molar-refractivity contribution in [3.05, 3.63) is 82.4 Å². The second-order valence-corrected chi connectivity index (χ2v) is 7.79. The first-order valence-electron chi connectivity index (χ1n) is 9.96. The van der Waals surface area contributed by atoms with Crippen LogP contribution in [0.5, 0.6) is 5.75 Å². The number of hydrogen-bond donors (Lipinski definition) is 1. The molecule has 4 aromatic rings. The average Bonchev–Trinajstić information content (AvgIpc) is 3.30. The number of thiazole rings is 1. The van der Waals surface area contributed by atoms with Crippen LogP contribution in [0.4, 0.5) is 0 Å². The molecule has 0 unspecified atom stereocenters. The maximum Gasteiger partial charge on any atom is 0.267 e. The molecule has 0 radical (unpaired) electrons. The second kappa shape index (κ2) is 9.97. The molecule has 8 nitrogen and oxygen atoms in total.